The van der Waals surface area contributed by atoms with Crippen LogP contribution in [0.3, 0.4) is 0 Å². The number of thioether (sulfide) groups is 1. The summed E-state index contributed by atoms with van der Waals surface area (Å²) < 4.78 is 0. The van der Waals surface area contributed by atoms with Gasteiger partial charge >= 0.3 is 0 Å². The lowest BCUT2D eigenvalue weighted by Gasteiger charge is -2.06. The van der Waals surface area contributed by atoms with E-state index in [-0.39, 0.29) is 17.2 Å². The molecule has 0 aliphatic rings. The highest BCUT2D eigenvalue weighted by atomic mass is 35.5. The minimum atomic E-state index is -0.268. The Labute approximate surface area is 104 Å². The number of benzene rings is 1. The number of phenolic OH excluding ortho intramolecular Hbond substituents is 1. The van der Waals surface area contributed by atoms with Crippen molar-refractivity contribution >= 4 is 29.3 Å². The molecule has 2 N–H and O–H groups in total. The highest BCUT2D eigenvalue weighted by Crippen LogP contribution is 2.21. The summed E-state index contributed by atoms with van der Waals surface area (Å²) in [5.41, 5.74) is 0.258. The number of aromatic hydroxyl groups is 1. The Hall–Kier alpha value is -0.870. The number of rotatable bonds is 5. The first-order chi connectivity index (χ1) is 7.65. The van der Waals surface area contributed by atoms with Crippen molar-refractivity contribution in [2.24, 2.45) is 0 Å². The molecule has 0 saturated heterocycles. The average Bonchev–Trinajstić information content (AvgIpc) is 2.24. The quantitative estimate of drug-likeness (QED) is 0.799. The maximum atomic E-state index is 11.6. The molecular weight excluding hydrogens is 246 g/mol. The van der Waals surface area contributed by atoms with Crippen LogP contribution in [0.15, 0.2) is 18.2 Å². The van der Waals surface area contributed by atoms with Crippen molar-refractivity contribution in [3.05, 3.63) is 28.8 Å². The number of carbonyl (C=O) groups excluding carboxylic acids is 1. The Balaban J connectivity index is 2.53. The normalized spacial score (nSPS) is 10.1. The molecule has 0 aliphatic heterocycles. The van der Waals surface area contributed by atoms with Gasteiger partial charge in [0, 0.05) is 11.6 Å². The number of hydrogen-bond acceptors (Lipinski definition) is 3. The fourth-order valence-corrected chi connectivity index (χ4v) is 1.81. The maximum Gasteiger partial charge on any atom is 0.255 e. The Morgan fingerprint density at radius 1 is 1.56 bits per heavy atom. The number of phenols is 1. The van der Waals surface area contributed by atoms with E-state index in [0.29, 0.717) is 11.6 Å². The molecule has 0 aromatic heterocycles. The van der Waals surface area contributed by atoms with Gasteiger partial charge in [-0.3, -0.25) is 4.79 Å². The number of carbonyl (C=O) groups is 1. The van der Waals surface area contributed by atoms with E-state index in [1.807, 2.05) is 6.26 Å². The average molecular weight is 260 g/mol. The van der Waals surface area contributed by atoms with E-state index in [2.05, 4.69) is 5.32 Å². The molecule has 0 spiro atoms. The number of nitrogens with one attached hydrogen (secondary N) is 1. The molecular formula is C11H14ClNO2S. The molecule has 0 fully saturated rings. The highest BCUT2D eigenvalue weighted by Gasteiger charge is 2.10. The summed E-state index contributed by atoms with van der Waals surface area (Å²) in [6.07, 6.45) is 2.94. The van der Waals surface area contributed by atoms with Gasteiger partial charge in [-0.15, -0.1) is 0 Å². The van der Waals surface area contributed by atoms with Crippen molar-refractivity contribution in [1.29, 1.82) is 0 Å². The Morgan fingerprint density at radius 2 is 2.31 bits per heavy atom. The lowest BCUT2D eigenvalue weighted by molar-refractivity contribution is 0.0951. The zero-order valence-corrected chi connectivity index (χ0v) is 10.6. The van der Waals surface area contributed by atoms with Crippen molar-refractivity contribution < 1.29 is 9.90 Å². The van der Waals surface area contributed by atoms with Crippen molar-refractivity contribution in [2.75, 3.05) is 18.6 Å². The topological polar surface area (TPSA) is 49.3 Å². The van der Waals surface area contributed by atoms with Gasteiger partial charge in [0.1, 0.15) is 5.75 Å². The minimum absolute atomic E-state index is 0.0881. The second kappa shape index (κ2) is 6.66. The van der Waals surface area contributed by atoms with Gasteiger partial charge in [0.25, 0.3) is 5.91 Å². The summed E-state index contributed by atoms with van der Waals surface area (Å²) in [5.74, 6) is 0.650. The van der Waals surface area contributed by atoms with Gasteiger partial charge in [-0.05, 0) is 36.6 Å². The van der Waals surface area contributed by atoms with E-state index < -0.39 is 0 Å². The molecule has 0 heterocycles. The lowest BCUT2D eigenvalue weighted by atomic mass is 10.2. The highest BCUT2D eigenvalue weighted by molar-refractivity contribution is 7.98. The van der Waals surface area contributed by atoms with E-state index in [1.165, 1.54) is 12.1 Å². The third-order valence-electron chi connectivity index (χ3n) is 2.02. The van der Waals surface area contributed by atoms with E-state index in [0.717, 1.165) is 12.2 Å². The van der Waals surface area contributed by atoms with E-state index in [1.54, 1.807) is 17.8 Å². The van der Waals surface area contributed by atoms with Gasteiger partial charge in [-0.2, -0.15) is 11.8 Å². The van der Waals surface area contributed by atoms with Crippen LogP contribution in [0.5, 0.6) is 5.75 Å². The van der Waals surface area contributed by atoms with Crippen LogP contribution in [0.1, 0.15) is 16.8 Å². The maximum absolute atomic E-state index is 11.6. The number of hydrogen-bond donors (Lipinski definition) is 2. The van der Waals surface area contributed by atoms with Crippen LogP contribution in [-0.4, -0.2) is 29.6 Å². The van der Waals surface area contributed by atoms with Crippen LogP contribution in [0.25, 0.3) is 0 Å². The van der Waals surface area contributed by atoms with Crippen LogP contribution in [-0.2, 0) is 0 Å². The van der Waals surface area contributed by atoms with Crippen LogP contribution >= 0.6 is 23.4 Å². The minimum Gasteiger partial charge on any atom is -0.507 e. The molecule has 5 heteroatoms. The summed E-state index contributed by atoms with van der Waals surface area (Å²) in [5, 5.41) is 12.7. The lowest BCUT2D eigenvalue weighted by Crippen LogP contribution is -2.24. The van der Waals surface area contributed by atoms with Gasteiger partial charge in [0.05, 0.1) is 5.56 Å². The van der Waals surface area contributed by atoms with Gasteiger partial charge in [0.2, 0.25) is 0 Å². The molecule has 3 nitrogen and oxygen atoms in total. The van der Waals surface area contributed by atoms with Crippen LogP contribution in [0, 0.1) is 0 Å². The zero-order valence-electron chi connectivity index (χ0n) is 9.00. The molecule has 0 bridgehead atoms. The standard InChI is InChI=1S/C11H14ClNO2S/c1-16-6-2-5-13-11(15)9-4-3-8(12)7-10(9)14/h3-4,7,14H,2,5-6H2,1H3,(H,13,15). The van der Waals surface area contributed by atoms with Crippen LogP contribution in [0.2, 0.25) is 5.02 Å². The first-order valence-electron chi connectivity index (χ1n) is 4.91. The summed E-state index contributed by atoms with van der Waals surface area (Å²) in [6.45, 7) is 0.613. The molecule has 0 unspecified atom stereocenters. The van der Waals surface area contributed by atoms with Crippen molar-refractivity contribution in [3.63, 3.8) is 0 Å². The van der Waals surface area contributed by atoms with Gasteiger partial charge < -0.3 is 10.4 Å². The molecule has 88 valence electrons. The van der Waals surface area contributed by atoms with E-state index in [9.17, 15) is 9.90 Å². The van der Waals surface area contributed by atoms with Crippen LogP contribution in [0.4, 0.5) is 0 Å². The summed E-state index contributed by atoms with van der Waals surface area (Å²) >= 11 is 7.41. The molecule has 0 saturated carbocycles. The summed E-state index contributed by atoms with van der Waals surface area (Å²) in [7, 11) is 0. The molecule has 1 amide bonds. The zero-order chi connectivity index (χ0) is 12.0. The molecule has 1 aromatic rings. The van der Waals surface area contributed by atoms with Gasteiger partial charge in [0.15, 0.2) is 0 Å². The molecule has 0 radical (unpaired) electrons. The Bertz CT molecular complexity index is 371. The third-order valence-corrected chi connectivity index (χ3v) is 2.95. The fraction of sp³-hybridized carbons (Fsp3) is 0.364. The first kappa shape index (κ1) is 13.2. The van der Waals surface area contributed by atoms with Gasteiger partial charge in [-0.1, -0.05) is 11.6 Å². The van der Waals surface area contributed by atoms with E-state index >= 15 is 0 Å². The second-order valence-electron chi connectivity index (χ2n) is 3.26. The SMILES string of the molecule is CSCCCNC(=O)c1ccc(Cl)cc1O. The molecule has 16 heavy (non-hydrogen) atoms. The monoisotopic (exact) mass is 259 g/mol. The summed E-state index contributed by atoms with van der Waals surface area (Å²) in [4.78, 5) is 11.6. The fourth-order valence-electron chi connectivity index (χ4n) is 1.21. The summed E-state index contributed by atoms with van der Waals surface area (Å²) in [6, 6.07) is 4.46. The smallest absolute Gasteiger partial charge is 0.255 e. The molecule has 0 atom stereocenters. The molecule has 1 aromatic carbocycles. The van der Waals surface area contributed by atoms with Crippen molar-refractivity contribution in [2.45, 2.75) is 6.42 Å². The predicted molar refractivity (Wildman–Crippen MR) is 68.4 cm³/mol. The van der Waals surface area contributed by atoms with Crippen molar-refractivity contribution in [3.8, 4) is 5.75 Å². The predicted octanol–water partition coefficient (Wildman–Crippen LogP) is 2.53. The molecule has 1 rings (SSSR count). The Morgan fingerprint density at radius 3 is 2.94 bits per heavy atom. The third kappa shape index (κ3) is 3.94. The van der Waals surface area contributed by atoms with Gasteiger partial charge in [-0.25, -0.2) is 0 Å². The number of amides is 1. The Kier molecular flexibility index (Phi) is 5.49. The van der Waals surface area contributed by atoms with E-state index in [4.69, 9.17) is 11.6 Å². The largest absolute Gasteiger partial charge is 0.507 e. The number of halogens is 1. The van der Waals surface area contributed by atoms with Crippen LogP contribution < -0.4 is 5.32 Å². The first-order valence-corrected chi connectivity index (χ1v) is 6.68. The van der Waals surface area contributed by atoms with Crippen molar-refractivity contribution in [1.82, 2.24) is 5.32 Å². The molecule has 0 aliphatic carbocycles. The second-order valence-corrected chi connectivity index (χ2v) is 4.69.